The summed E-state index contributed by atoms with van der Waals surface area (Å²) >= 11 is 0. The Morgan fingerprint density at radius 1 is 1.25 bits per heavy atom. The third-order valence-corrected chi connectivity index (χ3v) is 6.31. The van der Waals surface area contributed by atoms with Gasteiger partial charge in [0, 0.05) is 25.6 Å². The van der Waals surface area contributed by atoms with Gasteiger partial charge in [-0.1, -0.05) is 0 Å². The van der Waals surface area contributed by atoms with Gasteiger partial charge in [-0.15, -0.1) is 0 Å². The third kappa shape index (κ3) is 4.17. The number of rotatable bonds is 6. The molecular formula is C13H24N2O4S. The molecule has 2 heterocycles. The van der Waals surface area contributed by atoms with E-state index in [2.05, 4.69) is 5.32 Å². The van der Waals surface area contributed by atoms with Gasteiger partial charge in [0.25, 0.3) is 0 Å². The van der Waals surface area contributed by atoms with Crippen LogP contribution in [0.25, 0.3) is 0 Å². The maximum Gasteiger partial charge on any atom is 0.303 e. The molecule has 0 saturated carbocycles. The predicted octanol–water partition coefficient (Wildman–Crippen LogP) is 0.645. The van der Waals surface area contributed by atoms with Crippen LogP contribution in [0, 0.1) is 5.92 Å². The van der Waals surface area contributed by atoms with Crippen LogP contribution in [0.5, 0.6) is 0 Å². The molecule has 20 heavy (non-hydrogen) atoms. The van der Waals surface area contributed by atoms with Crippen LogP contribution in [0.1, 0.15) is 38.5 Å². The third-order valence-electron chi connectivity index (χ3n) is 4.35. The first-order valence-electron chi connectivity index (χ1n) is 7.42. The van der Waals surface area contributed by atoms with E-state index in [1.54, 1.807) is 4.31 Å². The summed E-state index contributed by atoms with van der Waals surface area (Å²) in [5, 5.41) is 12.1. The minimum absolute atomic E-state index is 0.0500. The van der Waals surface area contributed by atoms with Crippen LogP contribution in [0.3, 0.4) is 0 Å². The fourth-order valence-electron chi connectivity index (χ4n) is 3.21. The molecule has 2 fully saturated rings. The molecule has 2 saturated heterocycles. The molecular weight excluding hydrogens is 280 g/mol. The zero-order chi connectivity index (χ0) is 14.6. The number of nitrogens with one attached hydrogen (secondary N) is 1. The second kappa shape index (κ2) is 6.87. The Hall–Kier alpha value is -0.660. The van der Waals surface area contributed by atoms with E-state index in [0.29, 0.717) is 25.0 Å². The van der Waals surface area contributed by atoms with Gasteiger partial charge in [0.15, 0.2) is 0 Å². The van der Waals surface area contributed by atoms with E-state index in [1.165, 1.54) is 12.8 Å². The lowest BCUT2D eigenvalue weighted by atomic mass is 9.89. The van der Waals surface area contributed by atoms with Gasteiger partial charge in [-0.2, -0.15) is 0 Å². The van der Waals surface area contributed by atoms with Gasteiger partial charge in [0.05, 0.1) is 5.75 Å². The summed E-state index contributed by atoms with van der Waals surface area (Å²) in [5.74, 6) is -0.403. The quantitative estimate of drug-likeness (QED) is 0.752. The van der Waals surface area contributed by atoms with E-state index in [0.717, 1.165) is 19.4 Å². The second-order valence-electron chi connectivity index (χ2n) is 5.75. The van der Waals surface area contributed by atoms with Gasteiger partial charge in [-0.05, 0) is 44.6 Å². The number of sulfonamides is 1. The Labute approximate surface area is 120 Å². The fourth-order valence-corrected chi connectivity index (χ4v) is 4.74. The molecule has 0 amide bonds. The molecule has 7 heteroatoms. The lowest BCUT2D eigenvalue weighted by molar-refractivity contribution is -0.137. The van der Waals surface area contributed by atoms with Gasteiger partial charge in [0.1, 0.15) is 0 Å². The van der Waals surface area contributed by atoms with E-state index in [9.17, 15) is 13.2 Å². The highest BCUT2D eigenvalue weighted by Gasteiger charge is 2.32. The summed E-state index contributed by atoms with van der Waals surface area (Å²) in [6.45, 7) is 2.24. The molecule has 0 aromatic heterocycles. The Bertz CT molecular complexity index is 424. The summed E-state index contributed by atoms with van der Waals surface area (Å²) in [6.07, 6.45) is 4.36. The Morgan fingerprint density at radius 3 is 2.50 bits per heavy atom. The Kier molecular flexibility index (Phi) is 5.40. The van der Waals surface area contributed by atoms with E-state index >= 15 is 0 Å². The SMILES string of the molecule is O=C(O)CCCS(=O)(=O)N1CCC(C2CCCN2)CC1. The van der Waals surface area contributed by atoms with Crippen molar-refractivity contribution in [1.29, 1.82) is 0 Å². The molecule has 0 spiro atoms. The zero-order valence-electron chi connectivity index (χ0n) is 11.8. The van der Waals surface area contributed by atoms with Gasteiger partial charge in [-0.3, -0.25) is 4.79 Å². The van der Waals surface area contributed by atoms with Gasteiger partial charge in [0.2, 0.25) is 10.0 Å². The normalized spacial score (nSPS) is 25.9. The number of hydrogen-bond donors (Lipinski definition) is 2. The van der Waals surface area contributed by atoms with Crippen molar-refractivity contribution in [1.82, 2.24) is 9.62 Å². The minimum atomic E-state index is -3.28. The molecule has 2 aliphatic rings. The molecule has 6 nitrogen and oxygen atoms in total. The predicted molar refractivity (Wildman–Crippen MR) is 76.0 cm³/mol. The number of carbonyl (C=O) groups is 1. The maximum absolute atomic E-state index is 12.1. The van der Waals surface area contributed by atoms with E-state index in [1.807, 2.05) is 0 Å². The lowest BCUT2D eigenvalue weighted by Crippen LogP contribution is -2.44. The van der Waals surface area contributed by atoms with E-state index < -0.39 is 16.0 Å². The molecule has 0 aromatic rings. The standard InChI is InChI=1S/C13H24N2O4S/c16-13(17)4-2-10-20(18,19)15-8-5-11(6-9-15)12-3-1-7-14-12/h11-12,14H,1-10H2,(H,16,17). The lowest BCUT2D eigenvalue weighted by Gasteiger charge is -2.34. The fraction of sp³-hybridized carbons (Fsp3) is 0.923. The number of piperidine rings is 1. The van der Waals surface area contributed by atoms with Crippen LogP contribution in [0.4, 0.5) is 0 Å². The summed E-state index contributed by atoms with van der Waals surface area (Å²) in [4.78, 5) is 10.4. The molecule has 0 radical (unpaired) electrons. The van der Waals surface area contributed by atoms with Crippen molar-refractivity contribution < 1.29 is 18.3 Å². The Morgan fingerprint density at radius 2 is 1.95 bits per heavy atom. The molecule has 1 unspecified atom stereocenters. The molecule has 0 aliphatic carbocycles. The first-order chi connectivity index (χ1) is 9.49. The Balaban J connectivity index is 1.78. The number of hydrogen-bond acceptors (Lipinski definition) is 4. The summed E-state index contributed by atoms with van der Waals surface area (Å²) in [5.41, 5.74) is 0. The van der Waals surface area contributed by atoms with Crippen LogP contribution >= 0.6 is 0 Å². The molecule has 2 aliphatic heterocycles. The van der Waals surface area contributed by atoms with E-state index in [4.69, 9.17) is 5.11 Å². The summed E-state index contributed by atoms with van der Waals surface area (Å²) in [6, 6.07) is 0.562. The summed E-state index contributed by atoms with van der Waals surface area (Å²) in [7, 11) is -3.28. The number of carboxylic acids is 1. The highest BCUT2D eigenvalue weighted by atomic mass is 32.2. The van der Waals surface area contributed by atoms with Crippen molar-refractivity contribution in [3.05, 3.63) is 0 Å². The monoisotopic (exact) mass is 304 g/mol. The van der Waals surface area contributed by atoms with Crippen molar-refractivity contribution in [2.75, 3.05) is 25.4 Å². The van der Waals surface area contributed by atoms with Gasteiger partial charge >= 0.3 is 5.97 Å². The van der Waals surface area contributed by atoms with Crippen molar-refractivity contribution in [3.63, 3.8) is 0 Å². The molecule has 2 rings (SSSR count). The largest absolute Gasteiger partial charge is 0.481 e. The second-order valence-corrected chi connectivity index (χ2v) is 7.84. The molecule has 2 N–H and O–H groups in total. The van der Waals surface area contributed by atoms with Crippen molar-refractivity contribution in [3.8, 4) is 0 Å². The molecule has 116 valence electrons. The van der Waals surface area contributed by atoms with Crippen molar-refractivity contribution >= 4 is 16.0 Å². The van der Waals surface area contributed by atoms with Crippen LogP contribution in [-0.4, -0.2) is 55.2 Å². The number of aliphatic carboxylic acids is 1. The number of carboxylic acid groups (broad SMARTS) is 1. The van der Waals surface area contributed by atoms with Crippen LogP contribution in [0.15, 0.2) is 0 Å². The highest BCUT2D eigenvalue weighted by molar-refractivity contribution is 7.89. The average Bonchev–Trinajstić information content (AvgIpc) is 2.92. The first kappa shape index (κ1) is 15.7. The van der Waals surface area contributed by atoms with E-state index in [-0.39, 0.29) is 18.6 Å². The molecule has 0 aromatic carbocycles. The topological polar surface area (TPSA) is 86.7 Å². The average molecular weight is 304 g/mol. The zero-order valence-corrected chi connectivity index (χ0v) is 12.6. The maximum atomic E-state index is 12.1. The van der Waals surface area contributed by atoms with Crippen LogP contribution in [0.2, 0.25) is 0 Å². The summed E-state index contributed by atoms with van der Waals surface area (Å²) < 4.78 is 25.8. The minimum Gasteiger partial charge on any atom is -0.481 e. The number of nitrogens with zero attached hydrogens (tertiary/aromatic N) is 1. The smallest absolute Gasteiger partial charge is 0.303 e. The first-order valence-corrected chi connectivity index (χ1v) is 9.03. The van der Waals surface area contributed by atoms with Gasteiger partial charge < -0.3 is 10.4 Å². The van der Waals surface area contributed by atoms with Crippen LogP contribution < -0.4 is 5.32 Å². The molecule has 1 atom stereocenters. The van der Waals surface area contributed by atoms with Crippen molar-refractivity contribution in [2.24, 2.45) is 5.92 Å². The highest BCUT2D eigenvalue weighted by Crippen LogP contribution is 2.27. The molecule has 0 bridgehead atoms. The van der Waals surface area contributed by atoms with Crippen LogP contribution in [-0.2, 0) is 14.8 Å². The van der Waals surface area contributed by atoms with Gasteiger partial charge in [-0.25, -0.2) is 12.7 Å². The van der Waals surface area contributed by atoms with Crippen molar-refractivity contribution in [2.45, 2.75) is 44.6 Å².